The van der Waals surface area contributed by atoms with Crippen LogP contribution in [0.5, 0.6) is 0 Å². The van der Waals surface area contributed by atoms with Crippen LogP contribution in [0.1, 0.15) is 63.2 Å². The number of unbranched alkanes of at least 4 members (excludes halogenated alkanes) is 5. The summed E-state index contributed by atoms with van der Waals surface area (Å²) in [7, 11) is 0. The minimum absolute atomic E-state index is 0.601. The Morgan fingerprint density at radius 3 is 2.81 bits per heavy atom. The lowest BCUT2D eigenvalue weighted by atomic mass is 9.96. The Morgan fingerprint density at radius 2 is 1.90 bits per heavy atom. The molecule has 0 fully saturated rings. The van der Waals surface area contributed by atoms with Crippen molar-refractivity contribution in [1.82, 2.24) is 5.32 Å². The molecule has 114 valence electrons. The maximum Gasteiger partial charge on any atom is 0.134 e. The zero-order chi connectivity index (χ0) is 14.5. The topological polar surface area (TPSA) is 25.2 Å². The molecule has 21 heavy (non-hydrogen) atoms. The van der Waals surface area contributed by atoms with Crippen LogP contribution in [0.4, 0.5) is 0 Å². The van der Waals surface area contributed by atoms with Crippen LogP contribution in [-0.2, 0) is 13.0 Å². The summed E-state index contributed by atoms with van der Waals surface area (Å²) in [4.78, 5) is 0. The highest BCUT2D eigenvalue weighted by molar-refractivity contribution is 5.82. The summed E-state index contributed by atoms with van der Waals surface area (Å²) in [6, 6.07) is 9.01. The Hall–Kier alpha value is -1.28. The van der Waals surface area contributed by atoms with Crippen molar-refractivity contribution in [3.05, 3.63) is 35.6 Å². The van der Waals surface area contributed by atoms with E-state index in [0.29, 0.717) is 6.04 Å². The van der Waals surface area contributed by atoms with E-state index in [0.717, 1.165) is 18.5 Å². The van der Waals surface area contributed by atoms with E-state index in [1.807, 2.05) is 0 Å². The Bertz CT molecular complexity index is 572. The molecule has 0 radical (unpaired) electrons. The van der Waals surface area contributed by atoms with Crippen LogP contribution in [0.15, 0.2) is 28.7 Å². The monoisotopic (exact) mass is 285 g/mol. The van der Waals surface area contributed by atoms with Gasteiger partial charge in [-0.15, -0.1) is 0 Å². The lowest BCUT2D eigenvalue weighted by Crippen LogP contribution is -2.34. The van der Waals surface area contributed by atoms with Crippen molar-refractivity contribution in [3.8, 4) is 0 Å². The highest BCUT2D eigenvalue weighted by Crippen LogP contribution is 2.30. The number of hydrogen-bond donors (Lipinski definition) is 1. The molecule has 0 saturated heterocycles. The molecule has 2 aromatic rings. The van der Waals surface area contributed by atoms with Crippen molar-refractivity contribution >= 4 is 11.0 Å². The van der Waals surface area contributed by atoms with E-state index in [4.69, 9.17) is 4.42 Å². The molecule has 1 aromatic heterocycles. The number of furan rings is 1. The van der Waals surface area contributed by atoms with Crippen molar-refractivity contribution < 1.29 is 4.42 Å². The van der Waals surface area contributed by atoms with E-state index in [-0.39, 0.29) is 0 Å². The standard InChI is InChI=1S/C19H27NO/c1-2-3-4-5-6-7-10-15-13-19-17(14-20-15)16-11-8-9-12-18(16)21-19/h8-9,11-12,15,20H,2-7,10,13-14H2,1H3/t15-/m1/s1. The van der Waals surface area contributed by atoms with Gasteiger partial charge < -0.3 is 9.73 Å². The van der Waals surface area contributed by atoms with Crippen LogP contribution < -0.4 is 5.32 Å². The molecule has 0 spiro atoms. The smallest absolute Gasteiger partial charge is 0.134 e. The molecule has 0 bridgehead atoms. The van der Waals surface area contributed by atoms with Gasteiger partial charge in [0.2, 0.25) is 0 Å². The van der Waals surface area contributed by atoms with Crippen molar-refractivity contribution in [1.29, 1.82) is 0 Å². The molecule has 1 N–H and O–H groups in total. The van der Waals surface area contributed by atoms with Gasteiger partial charge >= 0.3 is 0 Å². The summed E-state index contributed by atoms with van der Waals surface area (Å²) in [5.74, 6) is 1.21. The number of rotatable bonds is 7. The van der Waals surface area contributed by atoms with E-state index in [9.17, 15) is 0 Å². The van der Waals surface area contributed by atoms with Crippen LogP contribution in [0.25, 0.3) is 11.0 Å². The summed E-state index contributed by atoms with van der Waals surface area (Å²) in [6.45, 7) is 3.24. The van der Waals surface area contributed by atoms with E-state index in [2.05, 4.69) is 36.5 Å². The average Bonchev–Trinajstić information content (AvgIpc) is 2.88. The first kappa shape index (κ1) is 14.6. The van der Waals surface area contributed by atoms with Gasteiger partial charge in [0.05, 0.1) is 0 Å². The number of para-hydroxylation sites is 1. The fourth-order valence-corrected chi connectivity index (χ4v) is 3.43. The van der Waals surface area contributed by atoms with E-state index in [1.165, 1.54) is 61.7 Å². The highest BCUT2D eigenvalue weighted by Gasteiger charge is 2.23. The lowest BCUT2D eigenvalue weighted by molar-refractivity contribution is 0.390. The molecule has 1 atom stereocenters. The third-order valence-corrected chi connectivity index (χ3v) is 4.69. The summed E-state index contributed by atoms with van der Waals surface area (Å²) in [5, 5.41) is 4.99. The Labute approximate surface area is 127 Å². The summed E-state index contributed by atoms with van der Waals surface area (Å²) >= 11 is 0. The van der Waals surface area contributed by atoms with Gasteiger partial charge in [0.25, 0.3) is 0 Å². The number of nitrogens with one attached hydrogen (secondary N) is 1. The second kappa shape index (κ2) is 7.13. The number of fused-ring (bicyclic) bond motifs is 3. The third-order valence-electron chi connectivity index (χ3n) is 4.69. The number of benzene rings is 1. The highest BCUT2D eigenvalue weighted by atomic mass is 16.3. The molecule has 2 heteroatoms. The molecule has 0 amide bonds. The minimum atomic E-state index is 0.601. The van der Waals surface area contributed by atoms with Gasteiger partial charge in [-0.3, -0.25) is 0 Å². The van der Waals surface area contributed by atoms with Crippen molar-refractivity contribution in [2.24, 2.45) is 0 Å². The van der Waals surface area contributed by atoms with E-state index in [1.54, 1.807) is 0 Å². The van der Waals surface area contributed by atoms with Gasteiger partial charge in [0, 0.05) is 30.0 Å². The molecule has 2 heterocycles. The van der Waals surface area contributed by atoms with Gasteiger partial charge in [0.1, 0.15) is 11.3 Å². The molecule has 3 rings (SSSR count). The predicted octanol–water partition coefficient (Wildman–Crippen LogP) is 5.20. The molecule has 0 saturated carbocycles. The van der Waals surface area contributed by atoms with Crippen molar-refractivity contribution in [3.63, 3.8) is 0 Å². The van der Waals surface area contributed by atoms with Gasteiger partial charge in [-0.1, -0.05) is 63.6 Å². The zero-order valence-corrected chi connectivity index (χ0v) is 13.2. The van der Waals surface area contributed by atoms with Gasteiger partial charge in [-0.05, 0) is 12.5 Å². The molecule has 0 unspecified atom stereocenters. The summed E-state index contributed by atoms with van der Waals surface area (Å²) in [5.41, 5.74) is 2.43. The summed E-state index contributed by atoms with van der Waals surface area (Å²) in [6.07, 6.45) is 10.6. The van der Waals surface area contributed by atoms with Gasteiger partial charge in [-0.25, -0.2) is 0 Å². The Kier molecular flexibility index (Phi) is 4.97. The van der Waals surface area contributed by atoms with Gasteiger partial charge in [0.15, 0.2) is 0 Å². The quantitative estimate of drug-likeness (QED) is 0.707. The average molecular weight is 285 g/mol. The largest absolute Gasteiger partial charge is 0.461 e. The Balaban J connectivity index is 1.51. The Morgan fingerprint density at radius 1 is 1.10 bits per heavy atom. The third kappa shape index (κ3) is 3.49. The van der Waals surface area contributed by atoms with E-state index >= 15 is 0 Å². The van der Waals surface area contributed by atoms with E-state index < -0.39 is 0 Å². The SMILES string of the molecule is CCCCCCCC[C@@H]1Cc2oc3ccccc3c2CN1. The zero-order valence-electron chi connectivity index (χ0n) is 13.2. The fraction of sp³-hybridized carbons (Fsp3) is 0.579. The lowest BCUT2D eigenvalue weighted by Gasteiger charge is -2.23. The van der Waals surface area contributed by atoms with Gasteiger partial charge in [-0.2, -0.15) is 0 Å². The van der Waals surface area contributed by atoms with Crippen LogP contribution in [0.2, 0.25) is 0 Å². The maximum absolute atomic E-state index is 6.04. The van der Waals surface area contributed by atoms with Crippen LogP contribution in [-0.4, -0.2) is 6.04 Å². The number of hydrogen-bond acceptors (Lipinski definition) is 2. The first-order valence-electron chi connectivity index (χ1n) is 8.61. The maximum atomic E-state index is 6.04. The summed E-state index contributed by atoms with van der Waals surface area (Å²) < 4.78 is 6.04. The molecule has 2 nitrogen and oxygen atoms in total. The fourth-order valence-electron chi connectivity index (χ4n) is 3.43. The molecular formula is C19H27NO. The van der Waals surface area contributed by atoms with Crippen LogP contribution in [0.3, 0.4) is 0 Å². The molecule has 1 aromatic carbocycles. The van der Waals surface area contributed by atoms with Crippen LogP contribution >= 0.6 is 0 Å². The molecular weight excluding hydrogens is 258 g/mol. The molecule has 1 aliphatic heterocycles. The molecule has 0 aliphatic carbocycles. The normalized spacial score (nSPS) is 18.0. The first-order chi connectivity index (χ1) is 10.4. The molecule has 1 aliphatic rings. The van der Waals surface area contributed by atoms with Crippen LogP contribution in [0, 0.1) is 0 Å². The van der Waals surface area contributed by atoms with Crippen molar-refractivity contribution in [2.75, 3.05) is 0 Å². The van der Waals surface area contributed by atoms with Crippen molar-refractivity contribution in [2.45, 2.75) is 70.9 Å². The minimum Gasteiger partial charge on any atom is -0.461 e. The second-order valence-electron chi connectivity index (χ2n) is 6.34. The first-order valence-corrected chi connectivity index (χ1v) is 8.61. The predicted molar refractivity (Wildman–Crippen MR) is 88.5 cm³/mol. The second-order valence-corrected chi connectivity index (χ2v) is 6.34.